The molecule has 4 heterocycles. The number of carbonyl (C=O) groups is 2. The fraction of sp³-hybridized carbons (Fsp3) is 0.414. The van der Waals surface area contributed by atoms with Gasteiger partial charge >= 0.3 is 0 Å². The number of likely N-dealkylation sites (tertiary alicyclic amines) is 1. The quantitative estimate of drug-likeness (QED) is 0.297. The molecule has 1 atom stereocenters. The van der Waals surface area contributed by atoms with Gasteiger partial charge in [-0.3, -0.25) is 14.0 Å². The molecule has 2 aromatic carbocycles. The molecule has 0 aliphatic carbocycles. The van der Waals surface area contributed by atoms with Crippen LogP contribution in [-0.4, -0.2) is 65.6 Å². The molecule has 4 aromatic rings. The van der Waals surface area contributed by atoms with Crippen LogP contribution in [-0.2, 0) is 4.79 Å². The summed E-state index contributed by atoms with van der Waals surface area (Å²) in [7, 11) is 1.53. The Bertz CT molecular complexity index is 1580. The van der Waals surface area contributed by atoms with Gasteiger partial charge in [-0.25, -0.2) is 13.8 Å². The lowest BCUT2D eigenvalue weighted by molar-refractivity contribution is -0.119. The van der Waals surface area contributed by atoms with Crippen molar-refractivity contribution in [1.29, 1.82) is 0 Å². The highest BCUT2D eigenvalue weighted by Gasteiger charge is 2.24. The van der Waals surface area contributed by atoms with E-state index in [4.69, 9.17) is 4.74 Å². The van der Waals surface area contributed by atoms with E-state index in [0.29, 0.717) is 59.8 Å². The number of hydrogen-bond acceptors (Lipinski definition) is 6. The van der Waals surface area contributed by atoms with E-state index in [1.54, 1.807) is 18.3 Å². The summed E-state index contributed by atoms with van der Waals surface area (Å²) in [4.78, 5) is 32.1. The molecule has 0 saturated carbocycles. The van der Waals surface area contributed by atoms with Gasteiger partial charge in [-0.05, 0) is 56.0 Å². The van der Waals surface area contributed by atoms with Crippen LogP contribution in [0.4, 0.5) is 8.78 Å². The van der Waals surface area contributed by atoms with Gasteiger partial charge in [-0.15, -0.1) is 0 Å². The van der Waals surface area contributed by atoms with Crippen molar-refractivity contribution in [3.63, 3.8) is 0 Å². The zero-order chi connectivity index (χ0) is 27.8. The molecule has 2 aliphatic heterocycles. The molecule has 0 bridgehead atoms. The first-order valence-corrected chi connectivity index (χ1v) is 14.4. The lowest BCUT2D eigenvalue weighted by atomic mass is 10.0. The molecule has 210 valence electrons. The molecule has 2 N–H and O–H groups in total. The van der Waals surface area contributed by atoms with Crippen LogP contribution in [0.1, 0.15) is 54.1 Å². The van der Waals surface area contributed by atoms with E-state index in [2.05, 4.69) is 20.5 Å². The molecule has 2 aliphatic rings. The highest BCUT2D eigenvalue weighted by atomic mass is 32.1. The number of methoxy groups -OCH3 is 1. The highest BCUT2D eigenvalue weighted by Crippen LogP contribution is 2.35. The third-order valence-electron chi connectivity index (χ3n) is 7.78. The van der Waals surface area contributed by atoms with Crippen LogP contribution in [0.3, 0.4) is 0 Å². The van der Waals surface area contributed by atoms with E-state index < -0.39 is 12.0 Å². The number of piperidine rings is 1. The van der Waals surface area contributed by atoms with E-state index in [0.717, 1.165) is 41.8 Å². The molecule has 2 amide bonds. The van der Waals surface area contributed by atoms with Gasteiger partial charge in [0.15, 0.2) is 4.96 Å². The number of hydrogen-bond donors (Lipinski definition) is 2. The maximum absolute atomic E-state index is 15.1. The first-order chi connectivity index (χ1) is 19.4. The normalized spacial score (nSPS) is 18.5. The fourth-order valence-electron chi connectivity index (χ4n) is 5.55. The molecule has 0 spiro atoms. The Kier molecular flexibility index (Phi) is 7.41. The predicted octanol–water partition coefficient (Wildman–Crippen LogP) is 4.87. The number of fused-ring (bicyclic) bond motifs is 3. The number of aromatic nitrogens is 2. The number of carbonyl (C=O) groups excluding carboxylic acids is 2. The molecule has 11 heteroatoms. The zero-order valence-corrected chi connectivity index (χ0v) is 23.0. The number of ether oxygens (including phenoxy) is 1. The topological polar surface area (TPSA) is 88.0 Å². The van der Waals surface area contributed by atoms with Crippen LogP contribution >= 0.6 is 11.3 Å². The summed E-state index contributed by atoms with van der Waals surface area (Å²) in [6.45, 7) is 2.87. The number of benzene rings is 2. The molecule has 2 aromatic heterocycles. The second-order valence-electron chi connectivity index (χ2n) is 10.4. The number of rotatable bonds is 8. The minimum absolute atomic E-state index is 0.0157. The summed E-state index contributed by atoms with van der Waals surface area (Å²) in [6.07, 6.45) is 4.16. The third-order valence-corrected chi connectivity index (χ3v) is 8.80. The second-order valence-corrected chi connectivity index (χ2v) is 11.4. The Balaban J connectivity index is 1.17. The summed E-state index contributed by atoms with van der Waals surface area (Å²) in [5, 5.41) is 5.84. The highest BCUT2D eigenvalue weighted by molar-refractivity contribution is 7.23. The van der Waals surface area contributed by atoms with Crippen LogP contribution in [0.2, 0.25) is 0 Å². The van der Waals surface area contributed by atoms with Crippen molar-refractivity contribution in [2.75, 3.05) is 33.3 Å². The molecule has 40 heavy (non-hydrogen) atoms. The Morgan fingerprint density at radius 3 is 2.77 bits per heavy atom. The summed E-state index contributed by atoms with van der Waals surface area (Å²) < 4.78 is 36.7. The SMILES string of the molecule is COc1cc2c(cc1C(=O)NCCCN1CCC(F)CC1)sc1nc(-c3ccc(C4CCC(=O)N4)cc3F)cn12. The first-order valence-electron chi connectivity index (χ1n) is 13.6. The summed E-state index contributed by atoms with van der Waals surface area (Å²) in [5.41, 5.74) is 2.89. The third kappa shape index (κ3) is 5.27. The maximum atomic E-state index is 15.1. The molecule has 0 radical (unpaired) electrons. The van der Waals surface area contributed by atoms with Gasteiger partial charge in [0.1, 0.15) is 17.7 Å². The van der Waals surface area contributed by atoms with Crippen LogP contribution in [0.25, 0.3) is 26.4 Å². The van der Waals surface area contributed by atoms with Crippen molar-refractivity contribution in [3.8, 4) is 17.0 Å². The average molecular weight is 568 g/mol. The largest absolute Gasteiger partial charge is 0.496 e. The van der Waals surface area contributed by atoms with E-state index >= 15 is 4.39 Å². The van der Waals surface area contributed by atoms with Gasteiger partial charge in [-0.2, -0.15) is 0 Å². The molecule has 8 nitrogen and oxygen atoms in total. The van der Waals surface area contributed by atoms with Crippen molar-refractivity contribution in [1.82, 2.24) is 24.9 Å². The number of thiazole rings is 1. The average Bonchev–Trinajstić information content (AvgIpc) is 3.65. The lowest BCUT2D eigenvalue weighted by Crippen LogP contribution is -2.36. The van der Waals surface area contributed by atoms with E-state index in [-0.39, 0.29) is 17.9 Å². The minimum atomic E-state index is -0.689. The maximum Gasteiger partial charge on any atom is 0.255 e. The number of nitrogens with one attached hydrogen (secondary N) is 2. The van der Waals surface area contributed by atoms with Gasteiger partial charge < -0.3 is 20.3 Å². The van der Waals surface area contributed by atoms with E-state index in [9.17, 15) is 14.0 Å². The molecule has 2 fully saturated rings. The Labute approximate surface area is 234 Å². The predicted molar refractivity (Wildman–Crippen MR) is 150 cm³/mol. The van der Waals surface area contributed by atoms with Crippen LogP contribution in [0.15, 0.2) is 36.5 Å². The first kappa shape index (κ1) is 26.6. The van der Waals surface area contributed by atoms with Crippen molar-refractivity contribution in [2.45, 2.75) is 44.3 Å². The monoisotopic (exact) mass is 567 g/mol. The van der Waals surface area contributed by atoms with Gasteiger partial charge in [0.05, 0.1) is 34.6 Å². The van der Waals surface area contributed by atoms with Crippen LogP contribution in [0, 0.1) is 5.82 Å². The Hall–Kier alpha value is -3.57. The van der Waals surface area contributed by atoms with Crippen LogP contribution < -0.4 is 15.4 Å². The number of nitrogens with zero attached hydrogens (tertiary/aromatic N) is 3. The molecular weight excluding hydrogens is 536 g/mol. The van der Waals surface area contributed by atoms with Gasteiger partial charge in [0.2, 0.25) is 5.91 Å². The van der Waals surface area contributed by atoms with Crippen LogP contribution in [0.5, 0.6) is 5.75 Å². The Morgan fingerprint density at radius 2 is 2.05 bits per heavy atom. The summed E-state index contributed by atoms with van der Waals surface area (Å²) in [5.74, 6) is -0.178. The molecular formula is C29H31F2N5O3S. The number of halogens is 2. The number of alkyl halides is 1. The minimum Gasteiger partial charge on any atom is -0.496 e. The molecule has 6 rings (SSSR count). The van der Waals surface area contributed by atoms with Gasteiger partial charge in [0, 0.05) is 43.9 Å². The van der Waals surface area contributed by atoms with Gasteiger partial charge in [0.25, 0.3) is 5.91 Å². The standard InChI is InChI=1S/C29H31F2N5O3S/c1-39-25-15-24-26(14-20(25)28(38)32-9-2-10-35-11-7-18(30)8-12-35)40-29-34-23(16-36(24)29)19-4-3-17(13-21(19)31)22-5-6-27(37)33-22/h3-4,13-16,18,22H,2,5-12H2,1H3,(H,32,38)(H,33,37). The smallest absolute Gasteiger partial charge is 0.255 e. The number of amides is 2. The second kappa shape index (κ2) is 11.1. The Morgan fingerprint density at radius 1 is 1.23 bits per heavy atom. The number of imidazole rings is 1. The van der Waals surface area contributed by atoms with Crippen molar-refractivity contribution < 1.29 is 23.1 Å². The van der Waals surface area contributed by atoms with Crippen molar-refractivity contribution >= 4 is 38.3 Å². The zero-order valence-electron chi connectivity index (χ0n) is 22.2. The molecule has 2 saturated heterocycles. The van der Waals surface area contributed by atoms with E-state index in [1.165, 1.54) is 24.5 Å². The van der Waals surface area contributed by atoms with Crippen molar-refractivity contribution in [2.24, 2.45) is 0 Å². The fourth-order valence-corrected chi connectivity index (χ4v) is 6.58. The summed E-state index contributed by atoms with van der Waals surface area (Å²) in [6, 6.07) is 8.46. The molecule has 1 unspecified atom stereocenters. The lowest BCUT2D eigenvalue weighted by Gasteiger charge is -2.28. The summed E-state index contributed by atoms with van der Waals surface area (Å²) >= 11 is 1.41. The van der Waals surface area contributed by atoms with E-state index in [1.807, 2.05) is 16.5 Å². The van der Waals surface area contributed by atoms with Gasteiger partial charge in [-0.1, -0.05) is 17.4 Å². The van der Waals surface area contributed by atoms with Crippen molar-refractivity contribution in [3.05, 3.63) is 53.5 Å².